The molecule has 0 aliphatic rings. The Balaban J connectivity index is 1.46. The van der Waals surface area contributed by atoms with Crippen molar-refractivity contribution in [1.29, 1.82) is 0 Å². The summed E-state index contributed by atoms with van der Waals surface area (Å²) < 4.78 is 13.8. The van der Waals surface area contributed by atoms with Gasteiger partial charge in [0.25, 0.3) is 0 Å². The standard InChI is InChI=1S/C18H16FN3OS2/c19-15-3-1-14(2-4-15)11-24-18-22-16(12-25-18)9-17(23)21-10-13-5-7-20-8-6-13/h1-8,12H,9-11H2,(H,21,23). The van der Waals surface area contributed by atoms with E-state index in [-0.39, 0.29) is 18.1 Å². The van der Waals surface area contributed by atoms with Gasteiger partial charge in [0.2, 0.25) is 5.91 Å². The Morgan fingerprint density at radius 2 is 1.88 bits per heavy atom. The van der Waals surface area contributed by atoms with Gasteiger partial charge in [0, 0.05) is 30.1 Å². The van der Waals surface area contributed by atoms with Crippen LogP contribution in [0.15, 0.2) is 58.5 Å². The molecule has 0 spiro atoms. The first kappa shape index (κ1) is 17.6. The highest BCUT2D eigenvalue weighted by Crippen LogP contribution is 2.26. The summed E-state index contributed by atoms with van der Waals surface area (Å²) in [5, 5.41) is 4.78. The van der Waals surface area contributed by atoms with Crippen molar-refractivity contribution in [3.8, 4) is 0 Å². The molecule has 0 bridgehead atoms. The molecule has 1 aromatic carbocycles. The number of carbonyl (C=O) groups excluding carboxylic acids is 1. The number of amides is 1. The molecule has 1 N–H and O–H groups in total. The van der Waals surface area contributed by atoms with E-state index in [0.29, 0.717) is 6.54 Å². The molecular formula is C18H16FN3OS2. The molecule has 0 unspecified atom stereocenters. The maximum Gasteiger partial charge on any atom is 0.226 e. The van der Waals surface area contributed by atoms with Gasteiger partial charge in [-0.15, -0.1) is 11.3 Å². The van der Waals surface area contributed by atoms with Crippen LogP contribution >= 0.6 is 23.1 Å². The van der Waals surface area contributed by atoms with E-state index in [1.54, 1.807) is 36.3 Å². The van der Waals surface area contributed by atoms with E-state index in [9.17, 15) is 9.18 Å². The molecule has 0 fully saturated rings. The fourth-order valence-electron chi connectivity index (χ4n) is 2.09. The van der Waals surface area contributed by atoms with E-state index in [4.69, 9.17) is 0 Å². The first-order chi connectivity index (χ1) is 12.2. The SMILES string of the molecule is O=C(Cc1csc(SCc2ccc(F)cc2)n1)NCc1ccncc1. The number of nitrogens with one attached hydrogen (secondary N) is 1. The lowest BCUT2D eigenvalue weighted by atomic mass is 10.2. The smallest absolute Gasteiger partial charge is 0.226 e. The van der Waals surface area contributed by atoms with Crippen LogP contribution in [0.1, 0.15) is 16.8 Å². The van der Waals surface area contributed by atoms with Gasteiger partial charge < -0.3 is 5.32 Å². The fourth-order valence-corrected chi connectivity index (χ4v) is 3.89. The largest absolute Gasteiger partial charge is 0.352 e. The molecule has 0 aliphatic carbocycles. The summed E-state index contributed by atoms with van der Waals surface area (Å²) in [7, 11) is 0. The number of rotatable bonds is 7. The fraction of sp³-hybridized carbons (Fsp3) is 0.167. The number of halogens is 1. The van der Waals surface area contributed by atoms with Crippen molar-refractivity contribution >= 4 is 29.0 Å². The van der Waals surface area contributed by atoms with Gasteiger partial charge in [-0.3, -0.25) is 9.78 Å². The van der Waals surface area contributed by atoms with Gasteiger partial charge in [-0.2, -0.15) is 0 Å². The lowest BCUT2D eigenvalue weighted by molar-refractivity contribution is -0.120. The summed E-state index contributed by atoms with van der Waals surface area (Å²) in [4.78, 5) is 20.4. The third kappa shape index (κ3) is 5.65. The van der Waals surface area contributed by atoms with E-state index in [0.717, 1.165) is 26.9 Å². The van der Waals surface area contributed by atoms with Crippen molar-refractivity contribution in [2.75, 3.05) is 0 Å². The van der Waals surface area contributed by atoms with Crippen LogP contribution in [-0.2, 0) is 23.5 Å². The predicted molar refractivity (Wildman–Crippen MR) is 97.9 cm³/mol. The van der Waals surface area contributed by atoms with E-state index in [1.807, 2.05) is 17.5 Å². The zero-order chi connectivity index (χ0) is 17.5. The van der Waals surface area contributed by atoms with Crippen LogP contribution in [0, 0.1) is 5.82 Å². The Labute approximate surface area is 153 Å². The first-order valence-electron chi connectivity index (χ1n) is 7.66. The second kappa shape index (κ2) is 8.73. The van der Waals surface area contributed by atoms with E-state index in [2.05, 4.69) is 15.3 Å². The molecule has 0 radical (unpaired) electrons. The van der Waals surface area contributed by atoms with E-state index < -0.39 is 0 Å². The summed E-state index contributed by atoms with van der Waals surface area (Å²) in [5.41, 5.74) is 2.81. The Kier molecular flexibility index (Phi) is 6.14. The number of benzene rings is 1. The van der Waals surface area contributed by atoms with Crippen molar-refractivity contribution in [3.05, 3.63) is 76.8 Å². The second-order valence-electron chi connectivity index (χ2n) is 5.33. The highest BCUT2D eigenvalue weighted by Gasteiger charge is 2.08. The quantitative estimate of drug-likeness (QED) is 0.640. The Hall–Kier alpha value is -2.25. The number of aromatic nitrogens is 2. The Morgan fingerprint density at radius 3 is 2.64 bits per heavy atom. The van der Waals surface area contributed by atoms with Crippen molar-refractivity contribution in [2.24, 2.45) is 0 Å². The highest BCUT2D eigenvalue weighted by molar-refractivity contribution is 8.00. The summed E-state index contributed by atoms with van der Waals surface area (Å²) >= 11 is 3.10. The van der Waals surface area contributed by atoms with Crippen LogP contribution in [0.5, 0.6) is 0 Å². The zero-order valence-electron chi connectivity index (χ0n) is 13.3. The molecule has 0 atom stereocenters. The molecule has 2 heterocycles. The number of hydrogen-bond acceptors (Lipinski definition) is 5. The summed E-state index contributed by atoms with van der Waals surface area (Å²) in [6.45, 7) is 0.484. The molecule has 0 saturated carbocycles. The number of nitrogens with zero attached hydrogens (tertiary/aromatic N) is 2. The Bertz CT molecular complexity index is 822. The van der Waals surface area contributed by atoms with Crippen molar-refractivity contribution in [2.45, 2.75) is 23.1 Å². The van der Waals surface area contributed by atoms with Crippen LogP contribution in [-0.4, -0.2) is 15.9 Å². The molecule has 0 saturated heterocycles. The highest BCUT2D eigenvalue weighted by atomic mass is 32.2. The van der Waals surface area contributed by atoms with Gasteiger partial charge in [0.15, 0.2) is 0 Å². The Morgan fingerprint density at radius 1 is 1.12 bits per heavy atom. The minimum absolute atomic E-state index is 0.0582. The van der Waals surface area contributed by atoms with Crippen LogP contribution in [0.2, 0.25) is 0 Å². The maximum atomic E-state index is 12.9. The van der Waals surface area contributed by atoms with Crippen LogP contribution in [0.3, 0.4) is 0 Å². The van der Waals surface area contributed by atoms with Crippen molar-refractivity contribution in [3.63, 3.8) is 0 Å². The van der Waals surface area contributed by atoms with Gasteiger partial charge in [-0.25, -0.2) is 9.37 Å². The van der Waals surface area contributed by atoms with Gasteiger partial charge in [0.05, 0.1) is 12.1 Å². The average molecular weight is 373 g/mol. The number of pyridine rings is 1. The van der Waals surface area contributed by atoms with Gasteiger partial charge in [-0.1, -0.05) is 23.9 Å². The van der Waals surface area contributed by atoms with Crippen molar-refractivity contribution in [1.82, 2.24) is 15.3 Å². The molecule has 3 aromatic rings. The minimum Gasteiger partial charge on any atom is -0.352 e. The molecule has 128 valence electrons. The van der Waals surface area contributed by atoms with E-state index >= 15 is 0 Å². The lowest BCUT2D eigenvalue weighted by Crippen LogP contribution is -2.24. The summed E-state index contributed by atoms with van der Waals surface area (Å²) in [5.74, 6) is 0.432. The summed E-state index contributed by atoms with van der Waals surface area (Å²) in [6.07, 6.45) is 3.66. The van der Waals surface area contributed by atoms with Crippen LogP contribution in [0.4, 0.5) is 4.39 Å². The maximum absolute atomic E-state index is 12.9. The van der Waals surface area contributed by atoms with Gasteiger partial charge in [-0.05, 0) is 35.4 Å². The van der Waals surface area contributed by atoms with Crippen LogP contribution in [0.25, 0.3) is 0 Å². The zero-order valence-corrected chi connectivity index (χ0v) is 14.9. The molecule has 3 rings (SSSR count). The number of carbonyl (C=O) groups is 1. The number of thioether (sulfide) groups is 1. The third-order valence-electron chi connectivity index (χ3n) is 3.39. The first-order valence-corrected chi connectivity index (χ1v) is 9.53. The number of hydrogen-bond donors (Lipinski definition) is 1. The van der Waals surface area contributed by atoms with Crippen LogP contribution < -0.4 is 5.32 Å². The predicted octanol–water partition coefficient (Wildman–Crippen LogP) is 3.83. The molecule has 0 aliphatic heterocycles. The molecule has 7 heteroatoms. The topological polar surface area (TPSA) is 54.9 Å². The van der Waals surface area contributed by atoms with E-state index in [1.165, 1.54) is 23.5 Å². The monoisotopic (exact) mass is 373 g/mol. The molecule has 25 heavy (non-hydrogen) atoms. The minimum atomic E-state index is -0.233. The molecule has 2 aromatic heterocycles. The summed E-state index contributed by atoms with van der Waals surface area (Å²) in [6, 6.07) is 10.2. The molecule has 1 amide bonds. The average Bonchev–Trinajstić information content (AvgIpc) is 3.08. The number of thiazole rings is 1. The normalized spacial score (nSPS) is 10.6. The second-order valence-corrected chi connectivity index (χ2v) is 7.41. The van der Waals surface area contributed by atoms with Crippen molar-refractivity contribution < 1.29 is 9.18 Å². The molecule has 4 nitrogen and oxygen atoms in total. The van der Waals surface area contributed by atoms with Gasteiger partial charge >= 0.3 is 0 Å². The van der Waals surface area contributed by atoms with Gasteiger partial charge in [0.1, 0.15) is 10.2 Å². The third-order valence-corrected chi connectivity index (χ3v) is 5.53. The lowest BCUT2D eigenvalue weighted by Gasteiger charge is -2.03. The molecular weight excluding hydrogens is 357 g/mol.